The smallest absolute Gasteiger partial charge is 0.294 e. The molecule has 1 unspecified atom stereocenters. The van der Waals surface area contributed by atoms with Gasteiger partial charge in [0.1, 0.15) is 6.20 Å². The number of hydrogen-bond acceptors (Lipinski definition) is 5. The molecule has 7 nitrogen and oxygen atoms in total. The summed E-state index contributed by atoms with van der Waals surface area (Å²) in [5.74, 6) is 0. The Morgan fingerprint density at radius 3 is 2.91 bits per heavy atom. The van der Waals surface area contributed by atoms with Crippen LogP contribution in [0.3, 0.4) is 0 Å². The van der Waals surface area contributed by atoms with Crippen molar-refractivity contribution in [1.82, 2.24) is 5.43 Å². The van der Waals surface area contributed by atoms with Crippen LogP contribution in [0.15, 0.2) is 11.9 Å². The Morgan fingerprint density at radius 2 is 2.45 bits per heavy atom. The van der Waals surface area contributed by atoms with E-state index in [2.05, 4.69) is 5.43 Å². The summed E-state index contributed by atoms with van der Waals surface area (Å²) in [7, 11) is 0. The third kappa shape index (κ3) is 1.44. The Morgan fingerprint density at radius 1 is 1.82 bits per heavy atom. The van der Waals surface area contributed by atoms with Crippen molar-refractivity contribution in [2.24, 2.45) is 5.73 Å². The zero-order chi connectivity index (χ0) is 8.43. The van der Waals surface area contributed by atoms with E-state index >= 15 is 0 Å². The first-order valence-electron chi connectivity index (χ1n) is 2.79. The monoisotopic (exact) mass is 158 g/mol. The Kier molecular flexibility index (Phi) is 1.73. The first-order chi connectivity index (χ1) is 5.11. The van der Waals surface area contributed by atoms with Crippen LogP contribution in [0.4, 0.5) is 0 Å². The van der Waals surface area contributed by atoms with Gasteiger partial charge >= 0.3 is 0 Å². The molecule has 0 aromatic rings. The number of nitrogens with one attached hydrogen (secondary N) is 1. The summed E-state index contributed by atoms with van der Waals surface area (Å²) >= 11 is 0. The van der Waals surface area contributed by atoms with Crippen LogP contribution in [0.2, 0.25) is 0 Å². The Balaban J connectivity index is 2.80. The molecule has 0 aromatic heterocycles. The van der Waals surface area contributed by atoms with Gasteiger partial charge in [0.2, 0.25) is 6.21 Å². The lowest BCUT2D eigenvalue weighted by atomic mass is 10.2. The third-order valence-corrected chi connectivity index (χ3v) is 1.19. The lowest BCUT2D eigenvalue weighted by molar-refractivity contribution is -0.517. The van der Waals surface area contributed by atoms with Crippen LogP contribution >= 0.6 is 0 Å². The summed E-state index contributed by atoms with van der Waals surface area (Å²) in [5.41, 5.74) is 7.08. The molecule has 1 aliphatic heterocycles. The molecule has 0 amide bonds. The number of nitrogens with zero attached hydrogens (tertiary/aromatic N) is 2. The highest BCUT2D eigenvalue weighted by molar-refractivity contribution is 5.63. The number of nitro groups is 1. The molecular weight excluding hydrogens is 152 g/mol. The Bertz CT molecular complexity index is 246. The van der Waals surface area contributed by atoms with Crippen LogP contribution < -0.4 is 11.2 Å². The summed E-state index contributed by atoms with van der Waals surface area (Å²) in [4.78, 5) is 9.83. The van der Waals surface area contributed by atoms with E-state index in [-0.39, 0.29) is 5.70 Å². The molecule has 60 valence electrons. The Hall–Kier alpha value is -1.63. The van der Waals surface area contributed by atoms with Crippen molar-refractivity contribution in [1.29, 1.82) is 0 Å². The van der Waals surface area contributed by atoms with Gasteiger partial charge in [0, 0.05) is 0 Å². The van der Waals surface area contributed by atoms with Crippen LogP contribution in [0, 0.1) is 15.3 Å². The number of nitrogens with two attached hydrogens (primary N) is 1. The van der Waals surface area contributed by atoms with E-state index in [4.69, 9.17) is 5.73 Å². The molecule has 0 saturated carbocycles. The zero-order valence-corrected chi connectivity index (χ0v) is 5.43. The maximum Gasteiger partial charge on any atom is 0.294 e. The summed E-state index contributed by atoms with van der Waals surface area (Å²) in [6, 6.07) is -0.941. The van der Waals surface area contributed by atoms with Crippen molar-refractivity contribution in [3.8, 4) is 0 Å². The van der Waals surface area contributed by atoms with Crippen molar-refractivity contribution in [3.05, 3.63) is 27.2 Å². The number of rotatable bonds is 1. The first kappa shape index (κ1) is 7.48. The summed E-state index contributed by atoms with van der Waals surface area (Å²) in [6.45, 7) is 0. The van der Waals surface area contributed by atoms with Gasteiger partial charge in [-0.05, 0) is 0 Å². The minimum absolute atomic E-state index is 0.225. The minimum Gasteiger partial charge on any atom is -0.596 e. The molecule has 1 rings (SSSR count). The van der Waals surface area contributed by atoms with Crippen LogP contribution in [-0.4, -0.2) is 22.0 Å². The molecular formula is C4H6N4O3. The number of hydrazone groups is 1. The second kappa shape index (κ2) is 2.54. The predicted molar refractivity (Wildman–Crippen MR) is 35.9 cm³/mol. The lowest BCUT2D eigenvalue weighted by Gasteiger charge is -2.09. The molecule has 11 heavy (non-hydrogen) atoms. The highest BCUT2D eigenvalue weighted by Crippen LogP contribution is 1.99. The summed E-state index contributed by atoms with van der Waals surface area (Å²) in [6.07, 6.45) is 1.94. The van der Waals surface area contributed by atoms with Gasteiger partial charge < -0.3 is 10.9 Å². The molecule has 7 heteroatoms. The van der Waals surface area contributed by atoms with E-state index in [0.717, 1.165) is 12.4 Å². The van der Waals surface area contributed by atoms with Gasteiger partial charge in [-0.2, -0.15) is 5.43 Å². The van der Waals surface area contributed by atoms with E-state index in [1.807, 2.05) is 0 Å². The van der Waals surface area contributed by atoms with Crippen molar-refractivity contribution >= 4 is 6.21 Å². The van der Waals surface area contributed by atoms with Crippen molar-refractivity contribution in [2.75, 3.05) is 0 Å². The number of hydrazine groups is 1. The van der Waals surface area contributed by atoms with Crippen molar-refractivity contribution < 1.29 is 9.77 Å². The molecule has 0 spiro atoms. The van der Waals surface area contributed by atoms with Gasteiger partial charge in [0.25, 0.3) is 5.70 Å². The molecule has 1 aliphatic rings. The lowest BCUT2D eigenvalue weighted by Crippen LogP contribution is -2.39. The quantitative estimate of drug-likeness (QED) is 0.209. The largest absolute Gasteiger partial charge is 0.596 e. The molecule has 0 aromatic carbocycles. The average Bonchev–Trinajstić information content (AvgIpc) is 1.85. The number of hydrogen-bond donors (Lipinski definition) is 2. The van der Waals surface area contributed by atoms with Crippen LogP contribution in [0.1, 0.15) is 0 Å². The maximum absolute atomic E-state index is 10.4. The van der Waals surface area contributed by atoms with Gasteiger partial charge in [0.05, 0.1) is 4.92 Å². The van der Waals surface area contributed by atoms with E-state index < -0.39 is 11.0 Å². The third-order valence-electron chi connectivity index (χ3n) is 1.19. The normalized spacial score (nSPS) is 23.2. The minimum atomic E-state index is -0.941. The fraction of sp³-hybridized carbons (Fsp3) is 0.250. The second-order valence-electron chi connectivity index (χ2n) is 1.96. The highest BCUT2D eigenvalue weighted by Gasteiger charge is 2.26. The maximum atomic E-state index is 10.4. The SMILES string of the molecule is NC1C=[N+]([O-])NC=C1[N+](=O)[O-]. The molecule has 0 bridgehead atoms. The van der Waals surface area contributed by atoms with E-state index in [0.29, 0.717) is 4.85 Å². The highest BCUT2D eigenvalue weighted by atomic mass is 16.6. The van der Waals surface area contributed by atoms with E-state index in [9.17, 15) is 15.3 Å². The summed E-state index contributed by atoms with van der Waals surface area (Å²) < 4.78 is 0. The predicted octanol–water partition coefficient (Wildman–Crippen LogP) is -1.47. The topological polar surface area (TPSA) is 107 Å². The standard InChI is InChI=1S/C4H6N4O3/c5-3-2-7(9)6-1-4(3)8(10)11/h1-3,6H,5H2. The molecule has 0 aliphatic carbocycles. The first-order valence-corrected chi connectivity index (χ1v) is 2.79. The zero-order valence-electron chi connectivity index (χ0n) is 5.43. The Labute approximate surface area is 61.5 Å². The van der Waals surface area contributed by atoms with Gasteiger partial charge in [-0.3, -0.25) is 10.1 Å². The van der Waals surface area contributed by atoms with Crippen molar-refractivity contribution in [3.63, 3.8) is 0 Å². The molecule has 1 heterocycles. The van der Waals surface area contributed by atoms with E-state index in [1.165, 1.54) is 0 Å². The molecule has 3 N–H and O–H groups in total. The molecule has 0 radical (unpaired) electrons. The molecule has 1 atom stereocenters. The van der Waals surface area contributed by atoms with Gasteiger partial charge in [0.15, 0.2) is 6.04 Å². The fourth-order valence-corrected chi connectivity index (χ4v) is 0.666. The summed E-state index contributed by atoms with van der Waals surface area (Å²) in [5, 5.41) is 20.6. The van der Waals surface area contributed by atoms with Gasteiger partial charge in [-0.25, -0.2) is 0 Å². The van der Waals surface area contributed by atoms with Gasteiger partial charge in [-0.15, -0.1) is 0 Å². The molecule has 0 fully saturated rings. The van der Waals surface area contributed by atoms with E-state index in [1.54, 1.807) is 0 Å². The average molecular weight is 158 g/mol. The van der Waals surface area contributed by atoms with Crippen LogP contribution in [-0.2, 0) is 0 Å². The van der Waals surface area contributed by atoms with Crippen LogP contribution in [0.5, 0.6) is 0 Å². The van der Waals surface area contributed by atoms with Gasteiger partial charge in [-0.1, -0.05) is 4.85 Å². The molecule has 0 saturated heterocycles. The second-order valence-corrected chi connectivity index (χ2v) is 1.96. The van der Waals surface area contributed by atoms with Crippen LogP contribution in [0.25, 0.3) is 0 Å². The van der Waals surface area contributed by atoms with Crippen molar-refractivity contribution in [2.45, 2.75) is 6.04 Å². The fourth-order valence-electron chi connectivity index (χ4n) is 0.666.